The predicted molar refractivity (Wildman–Crippen MR) is 109 cm³/mol. The van der Waals surface area contributed by atoms with E-state index in [4.69, 9.17) is 4.42 Å². The summed E-state index contributed by atoms with van der Waals surface area (Å²) < 4.78 is 6.73. The Morgan fingerprint density at radius 3 is 2.25 bits per heavy atom. The average Bonchev–Trinajstić information content (AvgIpc) is 3.08. The number of oxazole rings is 1. The van der Waals surface area contributed by atoms with Gasteiger partial charge in [-0.05, 0) is 36.8 Å². The maximum absolute atomic E-state index is 13.5. The van der Waals surface area contributed by atoms with E-state index in [1.165, 1.54) is 4.57 Å². The summed E-state index contributed by atoms with van der Waals surface area (Å²) in [5.74, 6) is -0.710. The molecule has 4 rings (SSSR count). The summed E-state index contributed by atoms with van der Waals surface area (Å²) in [6.07, 6.45) is 0. The van der Waals surface area contributed by atoms with Gasteiger partial charge in [0, 0.05) is 5.69 Å². The topological polar surface area (TPSA) is 55.5 Å². The highest BCUT2D eigenvalue weighted by Gasteiger charge is 2.27. The van der Waals surface area contributed by atoms with Crippen LogP contribution in [0.5, 0.6) is 0 Å². The number of carbonyl (C=O) groups excluding carboxylic acids is 1. The minimum absolute atomic E-state index is 0.177. The highest BCUT2D eigenvalue weighted by Crippen LogP contribution is 2.23. The number of rotatable bonds is 5. The second-order valence-electron chi connectivity index (χ2n) is 6.63. The Kier molecular flexibility index (Phi) is 4.81. The van der Waals surface area contributed by atoms with Crippen LogP contribution >= 0.6 is 0 Å². The van der Waals surface area contributed by atoms with Crippen LogP contribution in [0.1, 0.15) is 18.5 Å². The summed E-state index contributed by atoms with van der Waals surface area (Å²) in [6.45, 7) is 2.14. The van der Waals surface area contributed by atoms with Gasteiger partial charge in [-0.1, -0.05) is 60.7 Å². The van der Waals surface area contributed by atoms with E-state index in [2.05, 4.69) is 0 Å². The van der Waals surface area contributed by atoms with Crippen LogP contribution in [0, 0.1) is 0 Å². The molecule has 0 aliphatic rings. The van der Waals surface area contributed by atoms with E-state index in [1.807, 2.05) is 66.7 Å². The molecule has 0 aliphatic carbocycles. The first-order valence-corrected chi connectivity index (χ1v) is 9.15. The lowest BCUT2D eigenvalue weighted by atomic mass is 10.1. The number of amides is 1. The highest BCUT2D eigenvalue weighted by molar-refractivity contribution is 5.96. The van der Waals surface area contributed by atoms with Gasteiger partial charge in [-0.3, -0.25) is 9.36 Å². The first kappa shape index (κ1) is 17.8. The predicted octanol–water partition coefficient (Wildman–Crippen LogP) is 4.39. The zero-order valence-electron chi connectivity index (χ0n) is 15.5. The third-order valence-electron chi connectivity index (χ3n) is 4.78. The smallest absolute Gasteiger partial charge is 0.408 e. The van der Waals surface area contributed by atoms with Crippen molar-refractivity contribution in [2.24, 2.45) is 0 Å². The van der Waals surface area contributed by atoms with Crippen LogP contribution in [0.25, 0.3) is 11.1 Å². The maximum atomic E-state index is 13.5. The van der Waals surface area contributed by atoms with E-state index in [9.17, 15) is 9.59 Å². The average molecular weight is 372 g/mol. The molecule has 1 amide bonds. The largest absolute Gasteiger partial charge is 0.420 e. The number of anilines is 1. The zero-order valence-corrected chi connectivity index (χ0v) is 15.5. The summed E-state index contributed by atoms with van der Waals surface area (Å²) in [6, 6.07) is 25.7. The highest BCUT2D eigenvalue weighted by atomic mass is 16.4. The number of para-hydroxylation sites is 3. The van der Waals surface area contributed by atoms with E-state index in [0.717, 1.165) is 11.3 Å². The lowest BCUT2D eigenvalue weighted by molar-refractivity contribution is -0.121. The number of carbonyl (C=O) groups is 1. The molecular weight excluding hydrogens is 352 g/mol. The zero-order chi connectivity index (χ0) is 19.5. The van der Waals surface area contributed by atoms with Crippen molar-refractivity contribution in [3.63, 3.8) is 0 Å². The standard InChI is InChI=1S/C23H20N2O3/c1-17(25-20-14-8-9-15-21(20)28-23(25)27)22(26)24(19-12-6-3-7-13-19)16-18-10-4-2-5-11-18/h2-15,17H,16H2,1H3. The molecule has 28 heavy (non-hydrogen) atoms. The van der Waals surface area contributed by atoms with E-state index in [-0.39, 0.29) is 5.91 Å². The lowest BCUT2D eigenvalue weighted by Crippen LogP contribution is -2.38. The normalized spacial score (nSPS) is 12.0. The monoisotopic (exact) mass is 372 g/mol. The van der Waals surface area contributed by atoms with Crippen molar-refractivity contribution < 1.29 is 9.21 Å². The minimum Gasteiger partial charge on any atom is -0.408 e. The summed E-state index contributed by atoms with van der Waals surface area (Å²) in [7, 11) is 0. The first-order valence-electron chi connectivity index (χ1n) is 9.15. The Morgan fingerprint density at radius 2 is 1.54 bits per heavy atom. The molecule has 4 aromatic rings. The van der Waals surface area contributed by atoms with Gasteiger partial charge in [-0.25, -0.2) is 4.79 Å². The van der Waals surface area contributed by atoms with E-state index in [0.29, 0.717) is 17.6 Å². The van der Waals surface area contributed by atoms with Gasteiger partial charge in [0.25, 0.3) is 0 Å². The van der Waals surface area contributed by atoms with Gasteiger partial charge in [-0.2, -0.15) is 0 Å². The molecular formula is C23H20N2O3. The molecule has 5 nitrogen and oxygen atoms in total. The number of nitrogens with zero attached hydrogens (tertiary/aromatic N) is 2. The molecule has 0 fully saturated rings. The molecule has 0 bridgehead atoms. The van der Waals surface area contributed by atoms with Crippen molar-refractivity contribution >= 4 is 22.7 Å². The summed E-state index contributed by atoms with van der Waals surface area (Å²) >= 11 is 0. The third-order valence-corrected chi connectivity index (χ3v) is 4.78. The Labute approximate surface area is 162 Å². The van der Waals surface area contributed by atoms with Gasteiger partial charge in [0.05, 0.1) is 12.1 Å². The molecule has 0 aliphatic heterocycles. The molecule has 0 radical (unpaired) electrons. The third kappa shape index (κ3) is 3.34. The second-order valence-corrected chi connectivity index (χ2v) is 6.63. The molecule has 0 spiro atoms. The van der Waals surface area contributed by atoms with Gasteiger partial charge < -0.3 is 9.32 Å². The first-order chi connectivity index (χ1) is 13.6. The van der Waals surface area contributed by atoms with E-state index >= 15 is 0 Å². The number of hydrogen-bond acceptors (Lipinski definition) is 3. The van der Waals surface area contributed by atoms with Crippen molar-refractivity contribution in [1.29, 1.82) is 0 Å². The Hall–Kier alpha value is -3.60. The minimum atomic E-state index is -0.708. The van der Waals surface area contributed by atoms with Gasteiger partial charge in [-0.15, -0.1) is 0 Å². The summed E-state index contributed by atoms with van der Waals surface area (Å²) in [4.78, 5) is 27.6. The van der Waals surface area contributed by atoms with Crippen molar-refractivity contribution in [3.8, 4) is 0 Å². The van der Waals surface area contributed by atoms with Crippen LogP contribution in [0.4, 0.5) is 5.69 Å². The van der Waals surface area contributed by atoms with Crippen molar-refractivity contribution in [2.45, 2.75) is 19.5 Å². The fourth-order valence-electron chi connectivity index (χ4n) is 3.36. The molecule has 1 unspecified atom stereocenters. The molecule has 1 aromatic heterocycles. The van der Waals surface area contributed by atoms with Crippen molar-refractivity contribution in [1.82, 2.24) is 4.57 Å². The van der Waals surface area contributed by atoms with Crippen molar-refractivity contribution in [3.05, 3.63) is 101 Å². The van der Waals surface area contributed by atoms with Crippen LogP contribution in [-0.4, -0.2) is 10.5 Å². The molecule has 5 heteroatoms. The Morgan fingerprint density at radius 1 is 0.929 bits per heavy atom. The molecule has 0 saturated carbocycles. The van der Waals surface area contributed by atoms with Crippen LogP contribution in [0.2, 0.25) is 0 Å². The van der Waals surface area contributed by atoms with Crippen LogP contribution in [0.3, 0.4) is 0 Å². The number of aromatic nitrogens is 1. The Bertz CT molecular complexity index is 1150. The second kappa shape index (κ2) is 7.56. The maximum Gasteiger partial charge on any atom is 0.420 e. The van der Waals surface area contributed by atoms with Crippen LogP contribution < -0.4 is 10.7 Å². The fourth-order valence-corrected chi connectivity index (χ4v) is 3.36. The summed E-state index contributed by atoms with van der Waals surface area (Å²) in [5.41, 5.74) is 2.88. The van der Waals surface area contributed by atoms with E-state index < -0.39 is 11.8 Å². The lowest BCUT2D eigenvalue weighted by Gasteiger charge is -2.26. The van der Waals surface area contributed by atoms with Gasteiger partial charge in [0.2, 0.25) is 5.91 Å². The number of benzene rings is 3. The van der Waals surface area contributed by atoms with Gasteiger partial charge in [0.1, 0.15) is 6.04 Å². The fraction of sp³-hybridized carbons (Fsp3) is 0.130. The molecule has 140 valence electrons. The molecule has 1 atom stereocenters. The van der Waals surface area contributed by atoms with Gasteiger partial charge >= 0.3 is 5.76 Å². The summed E-state index contributed by atoms with van der Waals surface area (Å²) in [5, 5.41) is 0. The van der Waals surface area contributed by atoms with Crippen LogP contribution in [-0.2, 0) is 11.3 Å². The molecule has 1 heterocycles. The SMILES string of the molecule is CC(C(=O)N(Cc1ccccc1)c1ccccc1)n1c(=O)oc2ccccc21. The van der Waals surface area contributed by atoms with E-state index in [1.54, 1.807) is 30.0 Å². The quantitative estimate of drug-likeness (QED) is 0.522. The van der Waals surface area contributed by atoms with Gasteiger partial charge in [0.15, 0.2) is 5.58 Å². The molecule has 0 N–H and O–H groups in total. The number of fused-ring (bicyclic) bond motifs is 1. The van der Waals surface area contributed by atoms with Crippen molar-refractivity contribution in [2.75, 3.05) is 4.90 Å². The van der Waals surface area contributed by atoms with Crippen LogP contribution in [0.15, 0.2) is 94.1 Å². The molecule has 0 saturated heterocycles. The Balaban J connectivity index is 1.74. The number of hydrogen-bond donors (Lipinski definition) is 0. The molecule has 3 aromatic carbocycles.